The maximum Gasteiger partial charge on any atom is 0.259 e. The number of nitrogens with zero attached hydrogens (tertiary/aromatic N) is 3. The summed E-state index contributed by atoms with van der Waals surface area (Å²) in [5, 5.41) is 18.4. The molecule has 1 aliphatic rings. The van der Waals surface area contributed by atoms with Gasteiger partial charge in [-0.25, -0.2) is 13.8 Å². The highest BCUT2D eigenvalue weighted by molar-refractivity contribution is 6.06. The Morgan fingerprint density at radius 1 is 1.25 bits per heavy atom. The minimum atomic E-state index is -1.20. The number of hydrogen-bond donors (Lipinski definition) is 2. The summed E-state index contributed by atoms with van der Waals surface area (Å²) >= 11 is 0. The predicted octanol–water partition coefficient (Wildman–Crippen LogP) is 4.54. The van der Waals surface area contributed by atoms with Crippen LogP contribution in [-0.4, -0.2) is 41.3 Å². The molecule has 1 aliphatic heterocycles. The number of rotatable bonds is 8. The molecule has 3 rings (SSSR count). The van der Waals surface area contributed by atoms with Crippen LogP contribution in [0.5, 0.6) is 5.75 Å². The third-order valence-corrected chi connectivity index (χ3v) is 5.20. The van der Waals surface area contributed by atoms with E-state index in [-0.39, 0.29) is 28.8 Å². The first-order chi connectivity index (χ1) is 15.3. The lowest BCUT2D eigenvalue weighted by Crippen LogP contribution is -2.39. The molecule has 7 nitrogen and oxygen atoms in total. The summed E-state index contributed by atoms with van der Waals surface area (Å²) in [6.45, 7) is 5.72. The zero-order valence-corrected chi connectivity index (χ0v) is 18.6. The fourth-order valence-corrected chi connectivity index (χ4v) is 3.47. The number of carbonyl (C=O) groups excluding carboxylic acids is 1. The van der Waals surface area contributed by atoms with Crippen molar-refractivity contribution in [2.45, 2.75) is 52.5 Å². The number of hydrazone groups is 1. The summed E-state index contributed by atoms with van der Waals surface area (Å²) < 4.78 is 35.1. The lowest BCUT2D eigenvalue weighted by Gasteiger charge is -2.25. The van der Waals surface area contributed by atoms with Gasteiger partial charge in [-0.2, -0.15) is 5.10 Å². The highest BCUT2D eigenvalue weighted by atomic mass is 19.1. The maximum absolute atomic E-state index is 15.1. The normalized spacial score (nSPS) is 16.7. The van der Waals surface area contributed by atoms with E-state index < -0.39 is 23.9 Å². The molecule has 0 bridgehead atoms. The quantitative estimate of drug-likeness (QED) is 0.623. The second-order valence-electron chi connectivity index (χ2n) is 7.62. The number of aliphatic hydroxyl groups is 1. The first kappa shape index (κ1) is 23.5. The van der Waals surface area contributed by atoms with Crippen LogP contribution in [0.3, 0.4) is 0 Å². The number of aliphatic hydroxyl groups excluding tert-OH is 1. The van der Waals surface area contributed by atoms with Gasteiger partial charge in [0.1, 0.15) is 28.9 Å². The SMILES string of the molecule is CCC[C@H](C)Oc1cc(N2N=C(CC)N(C)C2O)c(F)cc1C(=O)Nc1ccccc1F. The van der Waals surface area contributed by atoms with Crippen molar-refractivity contribution in [1.29, 1.82) is 0 Å². The number of hydrogen-bond acceptors (Lipinski definition) is 6. The topological polar surface area (TPSA) is 77.4 Å². The van der Waals surface area contributed by atoms with Gasteiger partial charge in [-0.05, 0) is 31.5 Å². The fourth-order valence-electron chi connectivity index (χ4n) is 3.47. The van der Waals surface area contributed by atoms with Crippen LogP contribution in [0.15, 0.2) is 41.5 Å². The Morgan fingerprint density at radius 3 is 2.59 bits per heavy atom. The summed E-state index contributed by atoms with van der Waals surface area (Å²) in [4.78, 5) is 14.4. The van der Waals surface area contributed by atoms with E-state index in [0.717, 1.165) is 17.5 Å². The number of ether oxygens (including phenoxy) is 1. The molecule has 0 saturated carbocycles. The van der Waals surface area contributed by atoms with Crippen molar-refractivity contribution in [1.82, 2.24) is 4.90 Å². The van der Waals surface area contributed by atoms with E-state index in [4.69, 9.17) is 4.74 Å². The second-order valence-corrected chi connectivity index (χ2v) is 7.62. The molecule has 0 aliphatic carbocycles. The van der Waals surface area contributed by atoms with Gasteiger partial charge >= 0.3 is 0 Å². The van der Waals surface area contributed by atoms with Gasteiger partial charge < -0.3 is 20.1 Å². The number of benzene rings is 2. The predicted molar refractivity (Wildman–Crippen MR) is 120 cm³/mol. The Bertz CT molecular complexity index is 1010. The van der Waals surface area contributed by atoms with Gasteiger partial charge in [0.2, 0.25) is 6.35 Å². The van der Waals surface area contributed by atoms with Gasteiger partial charge in [-0.15, -0.1) is 0 Å². The number of amides is 1. The number of halogens is 2. The summed E-state index contributed by atoms with van der Waals surface area (Å²) in [7, 11) is 1.65. The van der Waals surface area contributed by atoms with Crippen LogP contribution in [0.25, 0.3) is 0 Å². The van der Waals surface area contributed by atoms with Crippen LogP contribution in [0.1, 0.15) is 50.4 Å². The van der Waals surface area contributed by atoms with Gasteiger partial charge in [0.05, 0.1) is 17.4 Å². The number of anilines is 2. The minimum Gasteiger partial charge on any atom is -0.490 e. The van der Waals surface area contributed by atoms with Crippen LogP contribution in [-0.2, 0) is 0 Å². The molecule has 1 amide bonds. The van der Waals surface area contributed by atoms with Crippen molar-refractivity contribution >= 4 is 23.1 Å². The molecule has 0 spiro atoms. The van der Waals surface area contributed by atoms with Gasteiger partial charge in [-0.3, -0.25) is 4.79 Å². The van der Waals surface area contributed by atoms with Crippen LogP contribution in [0.4, 0.5) is 20.2 Å². The van der Waals surface area contributed by atoms with Crippen LogP contribution < -0.4 is 15.1 Å². The van der Waals surface area contributed by atoms with Crippen LogP contribution in [0, 0.1) is 11.6 Å². The van der Waals surface area contributed by atoms with Gasteiger partial charge in [0.15, 0.2) is 0 Å². The average Bonchev–Trinajstić information content (AvgIpc) is 3.04. The molecule has 0 fully saturated rings. The summed E-state index contributed by atoms with van der Waals surface area (Å²) in [6, 6.07) is 8.08. The largest absolute Gasteiger partial charge is 0.490 e. The number of para-hydroxylation sites is 1. The monoisotopic (exact) mass is 446 g/mol. The summed E-state index contributed by atoms with van der Waals surface area (Å²) in [5.74, 6) is -1.39. The number of nitrogens with one attached hydrogen (secondary N) is 1. The van der Waals surface area contributed by atoms with Crippen molar-refractivity contribution in [3.8, 4) is 5.75 Å². The third kappa shape index (κ3) is 4.83. The third-order valence-electron chi connectivity index (χ3n) is 5.20. The zero-order chi connectivity index (χ0) is 23.4. The van der Waals surface area contributed by atoms with E-state index in [1.807, 2.05) is 20.8 Å². The van der Waals surface area contributed by atoms with Crippen molar-refractivity contribution < 1.29 is 23.4 Å². The maximum atomic E-state index is 15.1. The number of amidine groups is 1. The van der Waals surface area contributed by atoms with Gasteiger partial charge in [0, 0.05) is 19.5 Å². The average molecular weight is 446 g/mol. The van der Waals surface area contributed by atoms with E-state index in [1.165, 1.54) is 29.2 Å². The first-order valence-electron chi connectivity index (χ1n) is 10.6. The molecule has 0 radical (unpaired) electrons. The zero-order valence-electron chi connectivity index (χ0n) is 18.6. The highest BCUT2D eigenvalue weighted by Gasteiger charge is 2.33. The molecule has 9 heteroatoms. The Labute approximate surface area is 186 Å². The molecule has 0 aromatic heterocycles. The first-order valence-corrected chi connectivity index (χ1v) is 10.6. The lowest BCUT2D eigenvalue weighted by atomic mass is 10.1. The fraction of sp³-hybridized carbons (Fsp3) is 0.391. The Hall–Kier alpha value is -3.20. The van der Waals surface area contributed by atoms with Crippen molar-refractivity contribution in [2.75, 3.05) is 17.4 Å². The Kier molecular flexibility index (Phi) is 7.29. The van der Waals surface area contributed by atoms with E-state index in [9.17, 15) is 14.3 Å². The molecular weight excluding hydrogens is 418 g/mol. The second kappa shape index (κ2) is 9.95. The molecule has 2 atom stereocenters. The molecule has 2 aromatic rings. The van der Waals surface area contributed by atoms with E-state index in [1.54, 1.807) is 13.1 Å². The molecule has 2 aromatic carbocycles. The van der Waals surface area contributed by atoms with Crippen molar-refractivity contribution in [3.05, 3.63) is 53.6 Å². The lowest BCUT2D eigenvalue weighted by molar-refractivity contribution is 0.0794. The van der Waals surface area contributed by atoms with Crippen LogP contribution >= 0.6 is 0 Å². The smallest absolute Gasteiger partial charge is 0.259 e. The Balaban J connectivity index is 2.01. The Morgan fingerprint density at radius 2 is 1.97 bits per heavy atom. The summed E-state index contributed by atoms with van der Waals surface area (Å²) in [6.07, 6.45) is 0.670. The molecule has 1 unspecified atom stereocenters. The van der Waals surface area contributed by atoms with E-state index in [0.29, 0.717) is 18.7 Å². The van der Waals surface area contributed by atoms with E-state index >= 15 is 4.39 Å². The van der Waals surface area contributed by atoms with Crippen molar-refractivity contribution in [2.24, 2.45) is 5.10 Å². The molecule has 32 heavy (non-hydrogen) atoms. The van der Waals surface area contributed by atoms with Gasteiger partial charge in [0.25, 0.3) is 5.91 Å². The molecular formula is C23H28F2N4O3. The summed E-state index contributed by atoms with van der Waals surface area (Å²) in [5.41, 5.74) is -0.142. The molecule has 2 N–H and O–H groups in total. The standard InChI is InChI=1S/C23H28F2N4O3/c1-5-9-14(3)32-20-13-19(29-23(31)28(4)21(6-2)27-29)17(25)12-15(20)22(30)26-18-11-8-7-10-16(18)24/h7-8,10-14,23,31H,5-6,9H2,1-4H3,(H,26,30)/t14-,23?/m0/s1. The van der Waals surface area contributed by atoms with Crippen LogP contribution in [0.2, 0.25) is 0 Å². The highest BCUT2D eigenvalue weighted by Crippen LogP contribution is 2.34. The minimum absolute atomic E-state index is 0.0247. The molecule has 0 saturated heterocycles. The molecule has 172 valence electrons. The number of carbonyl (C=O) groups is 1. The molecule has 1 heterocycles. The van der Waals surface area contributed by atoms with Gasteiger partial charge in [-0.1, -0.05) is 32.4 Å². The van der Waals surface area contributed by atoms with E-state index in [2.05, 4.69) is 10.4 Å². The van der Waals surface area contributed by atoms with Crippen molar-refractivity contribution in [3.63, 3.8) is 0 Å².